The van der Waals surface area contributed by atoms with Gasteiger partial charge in [-0.1, -0.05) is 13.8 Å². The minimum atomic E-state index is -0.473. The van der Waals surface area contributed by atoms with Gasteiger partial charge in [-0.15, -0.1) is 0 Å². The Kier molecular flexibility index (Phi) is 10.4. The fourth-order valence-electron chi connectivity index (χ4n) is 2.21. The van der Waals surface area contributed by atoms with Crippen LogP contribution in [0.2, 0.25) is 0 Å². The molecular formula is C16H35N3O3. The van der Waals surface area contributed by atoms with Crippen LogP contribution in [0.4, 0.5) is 4.79 Å². The first-order valence-corrected chi connectivity index (χ1v) is 8.09. The van der Waals surface area contributed by atoms with Gasteiger partial charge in [-0.2, -0.15) is 0 Å². The molecule has 0 fully saturated rings. The Morgan fingerprint density at radius 3 is 2.41 bits per heavy atom. The quantitative estimate of drug-likeness (QED) is 0.643. The highest BCUT2D eigenvalue weighted by Gasteiger charge is 2.19. The van der Waals surface area contributed by atoms with Crippen molar-refractivity contribution in [2.45, 2.75) is 52.7 Å². The number of nitrogens with zero attached hydrogens (tertiary/aromatic N) is 1. The largest absolute Gasteiger partial charge is 0.444 e. The summed E-state index contributed by atoms with van der Waals surface area (Å²) in [7, 11) is 1.70. The highest BCUT2D eigenvalue weighted by Crippen LogP contribution is 2.08. The summed E-state index contributed by atoms with van der Waals surface area (Å²) < 4.78 is 10.4. The number of amides is 1. The molecule has 0 radical (unpaired) electrons. The number of carbonyl (C=O) groups excluding carboxylic acids is 1. The Morgan fingerprint density at radius 2 is 1.95 bits per heavy atom. The van der Waals surface area contributed by atoms with Crippen LogP contribution in [0.15, 0.2) is 0 Å². The molecule has 0 rings (SSSR count). The van der Waals surface area contributed by atoms with Crippen molar-refractivity contribution in [3.05, 3.63) is 0 Å². The number of alkyl carbamates (subject to hydrolysis) is 1. The van der Waals surface area contributed by atoms with Crippen molar-refractivity contribution in [3.63, 3.8) is 0 Å². The number of hydrogen-bond acceptors (Lipinski definition) is 5. The van der Waals surface area contributed by atoms with Gasteiger partial charge in [0.2, 0.25) is 0 Å². The van der Waals surface area contributed by atoms with Gasteiger partial charge in [-0.3, -0.25) is 4.90 Å². The SMILES string of the molecule is COCCN(CC(C)C)C(CN)CCNC(=O)OC(C)(C)C. The van der Waals surface area contributed by atoms with Gasteiger partial charge in [0.15, 0.2) is 0 Å². The maximum Gasteiger partial charge on any atom is 0.407 e. The first kappa shape index (κ1) is 21.1. The number of nitrogens with two attached hydrogens (primary N) is 1. The molecule has 0 spiro atoms. The van der Waals surface area contributed by atoms with E-state index in [1.165, 1.54) is 0 Å². The molecule has 132 valence electrons. The number of rotatable bonds is 10. The number of methoxy groups -OCH3 is 1. The lowest BCUT2D eigenvalue weighted by Crippen LogP contribution is -2.46. The van der Waals surface area contributed by atoms with Crippen LogP contribution in [0.3, 0.4) is 0 Å². The summed E-state index contributed by atoms with van der Waals surface area (Å²) in [4.78, 5) is 14.0. The van der Waals surface area contributed by atoms with E-state index in [1.807, 2.05) is 20.8 Å². The molecule has 0 aromatic carbocycles. The smallest absolute Gasteiger partial charge is 0.407 e. The van der Waals surface area contributed by atoms with E-state index in [9.17, 15) is 4.79 Å². The molecule has 0 aliphatic rings. The van der Waals surface area contributed by atoms with Crippen LogP contribution >= 0.6 is 0 Å². The molecule has 22 heavy (non-hydrogen) atoms. The molecule has 0 heterocycles. The van der Waals surface area contributed by atoms with Crippen molar-refractivity contribution in [1.29, 1.82) is 0 Å². The van der Waals surface area contributed by atoms with Crippen molar-refractivity contribution in [2.24, 2.45) is 11.7 Å². The van der Waals surface area contributed by atoms with Gasteiger partial charge in [0.25, 0.3) is 0 Å². The second-order valence-electron chi connectivity index (χ2n) is 6.99. The Labute approximate surface area is 135 Å². The van der Waals surface area contributed by atoms with E-state index in [-0.39, 0.29) is 12.1 Å². The number of carbonyl (C=O) groups is 1. The molecule has 0 aromatic heterocycles. The standard InChI is InChI=1S/C16H35N3O3/c1-13(2)12-19(9-10-21-6)14(11-17)7-8-18-15(20)22-16(3,4)5/h13-14H,7-12,17H2,1-6H3,(H,18,20). The zero-order chi connectivity index (χ0) is 17.2. The fraction of sp³-hybridized carbons (Fsp3) is 0.938. The molecule has 0 aromatic rings. The molecule has 1 amide bonds. The molecule has 3 N–H and O–H groups in total. The summed E-state index contributed by atoms with van der Waals surface area (Å²) in [6, 6.07) is 0.229. The average Bonchev–Trinajstić information content (AvgIpc) is 2.37. The summed E-state index contributed by atoms with van der Waals surface area (Å²) in [6.45, 7) is 13.5. The lowest BCUT2D eigenvalue weighted by atomic mass is 10.1. The van der Waals surface area contributed by atoms with Crippen molar-refractivity contribution in [1.82, 2.24) is 10.2 Å². The van der Waals surface area contributed by atoms with E-state index in [1.54, 1.807) is 7.11 Å². The zero-order valence-electron chi connectivity index (χ0n) is 15.1. The van der Waals surface area contributed by atoms with E-state index in [0.29, 0.717) is 25.6 Å². The zero-order valence-corrected chi connectivity index (χ0v) is 15.1. The lowest BCUT2D eigenvalue weighted by Gasteiger charge is -2.32. The Balaban J connectivity index is 4.32. The van der Waals surface area contributed by atoms with Gasteiger partial charge in [0, 0.05) is 39.3 Å². The Bertz CT molecular complexity index is 304. The van der Waals surface area contributed by atoms with Crippen LogP contribution in [0.25, 0.3) is 0 Å². The third-order valence-corrected chi connectivity index (χ3v) is 3.12. The van der Waals surface area contributed by atoms with Crippen LogP contribution in [-0.2, 0) is 9.47 Å². The molecule has 0 saturated heterocycles. The van der Waals surface area contributed by atoms with Crippen LogP contribution in [0, 0.1) is 5.92 Å². The van der Waals surface area contributed by atoms with Gasteiger partial charge >= 0.3 is 6.09 Å². The third-order valence-electron chi connectivity index (χ3n) is 3.12. The predicted octanol–water partition coefficient (Wildman–Crippen LogP) is 1.83. The van der Waals surface area contributed by atoms with Crippen molar-refractivity contribution in [2.75, 3.05) is 39.9 Å². The molecule has 6 heteroatoms. The van der Waals surface area contributed by atoms with Gasteiger partial charge in [0.05, 0.1) is 6.61 Å². The van der Waals surface area contributed by atoms with Gasteiger partial charge in [-0.25, -0.2) is 4.79 Å². The van der Waals surface area contributed by atoms with E-state index >= 15 is 0 Å². The predicted molar refractivity (Wildman–Crippen MR) is 90.0 cm³/mol. The molecule has 0 saturated carbocycles. The van der Waals surface area contributed by atoms with Gasteiger partial charge < -0.3 is 20.5 Å². The molecule has 1 atom stereocenters. The van der Waals surface area contributed by atoms with Gasteiger partial charge in [-0.05, 0) is 33.1 Å². The maximum absolute atomic E-state index is 11.6. The highest BCUT2D eigenvalue weighted by atomic mass is 16.6. The van der Waals surface area contributed by atoms with Crippen LogP contribution in [-0.4, -0.2) is 62.5 Å². The van der Waals surface area contributed by atoms with Crippen LogP contribution in [0.1, 0.15) is 41.0 Å². The second kappa shape index (κ2) is 10.8. The van der Waals surface area contributed by atoms with Crippen molar-refractivity contribution in [3.8, 4) is 0 Å². The summed E-state index contributed by atoms with van der Waals surface area (Å²) in [5.41, 5.74) is 5.44. The summed E-state index contributed by atoms with van der Waals surface area (Å²) in [6.07, 6.45) is 0.419. The number of nitrogens with one attached hydrogen (secondary N) is 1. The number of hydrogen-bond donors (Lipinski definition) is 2. The molecule has 0 bridgehead atoms. The first-order chi connectivity index (χ1) is 10.2. The summed E-state index contributed by atoms with van der Waals surface area (Å²) >= 11 is 0. The van der Waals surface area contributed by atoms with Crippen LogP contribution < -0.4 is 11.1 Å². The minimum absolute atomic E-state index is 0.229. The number of ether oxygens (including phenoxy) is 2. The van der Waals surface area contributed by atoms with E-state index in [2.05, 4.69) is 24.1 Å². The minimum Gasteiger partial charge on any atom is -0.444 e. The molecule has 0 aliphatic heterocycles. The van der Waals surface area contributed by atoms with Crippen molar-refractivity contribution < 1.29 is 14.3 Å². The average molecular weight is 317 g/mol. The van der Waals surface area contributed by atoms with Crippen molar-refractivity contribution >= 4 is 6.09 Å². The van der Waals surface area contributed by atoms with Crippen LogP contribution in [0.5, 0.6) is 0 Å². The third kappa shape index (κ3) is 10.8. The Hall–Kier alpha value is -0.850. The Morgan fingerprint density at radius 1 is 1.32 bits per heavy atom. The lowest BCUT2D eigenvalue weighted by molar-refractivity contribution is 0.0518. The van der Waals surface area contributed by atoms with E-state index in [4.69, 9.17) is 15.2 Å². The first-order valence-electron chi connectivity index (χ1n) is 8.09. The molecule has 0 aliphatic carbocycles. The molecule has 6 nitrogen and oxygen atoms in total. The van der Waals surface area contributed by atoms with Gasteiger partial charge in [0.1, 0.15) is 5.60 Å². The van der Waals surface area contributed by atoms with E-state index in [0.717, 1.165) is 19.5 Å². The topological polar surface area (TPSA) is 76.8 Å². The highest BCUT2D eigenvalue weighted by molar-refractivity contribution is 5.67. The normalized spacial score (nSPS) is 13.5. The summed E-state index contributed by atoms with van der Waals surface area (Å²) in [5, 5.41) is 2.79. The maximum atomic E-state index is 11.6. The monoisotopic (exact) mass is 317 g/mol. The summed E-state index contributed by atoms with van der Waals surface area (Å²) in [5.74, 6) is 0.560. The molecular weight excluding hydrogens is 282 g/mol. The fourth-order valence-corrected chi connectivity index (χ4v) is 2.21. The molecule has 1 unspecified atom stereocenters. The second-order valence-corrected chi connectivity index (χ2v) is 6.99. The van der Waals surface area contributed by atoms with E-state index < -0.39 is 5.60 Å².